The van der Waals surface area contributed by atoms with Crippen LogP contribution in [0.15, 0.2) is 18.2 Å². The van der Waals surface area contributed by atoms with E-state index in [-0.39, 0.29) is 5.56 Å². The second-order valence-electron chi connectivity index (χ2n) is 8.05. The lowest BCUT2D eigenvalue weighted by Gasteiger charge is -2.57. The highest BCUT2D eigenvalue weighted by Crippen LogP contribution is 2.61. The van der Waals surface area contributed by atoms with Gasteiger partial charge in [-0.05, 0) is 86.3 Å². The Kier molecular flexibility index (Phi) is 3.66. The van der Waals surface area contributed by atoms with Crippen molar-refractivity contribution in [2.24, 2.45) is 23.2 Å². The van der Waals surface area contributed by atoms with Crippen LogP contribution in [0.2, 0.25) is 0 Å². The van der Waals surface area contributed by atoms with Crippen LogP contribution < -0.4 is 5.32 Å². The molecule has 4 heteroatoms. The van der Waals surface area contributed by atoms with E-state index < -0.39 is 17.5 Å². The molecule has 0 spiro atoms. The number of hydrogen-bond donors (Lipinski definition) is 1. The van der Waals surface area contributed by atoms with Crippen molar-refractivity contribution in [1.82, 2.24) is 5.32 Å². The average molecular weight is 319 g/mol. The Hall–Kier alpha value is -1.45. The number of amides is 1. The number of nitrogens with one attached hydrogen (secondary N) is 1. The molecule has 0 atom stereocenters. The molecule has 4 saturated carbocycles. The van der Waals surface area contributed by atoms with Crippen molar-refractivity contribution in [3.05, 3.63) is 35.4 Å². The van der Waals surface area contributed by atoms with Gasteiger partial charge < -0.3 is 5.32 Å². The zero-order chi connectivity index (χ0) is 16.0. The Bertz CT molecular complexity index is 593. The van der Waals surface area contributed by atoms with Crippen LogP contribution in [0.5, 0.6) is 0 Å². The minimum Gasteiger partial charge on any atom is -0.352 e. The lowest BCUT2D eigenvalue weighted by molar-refractivity contribution is -0.0564. The molecule has 0 heterocycles. The van der Waals surface area contributed by atoms with Crippen molar-refractivity contribution in [2.75, 3.05) is 6.54 Å². The van der Waals surface area contributed by atoms with E-state index in [0.29, 0.717) is 12.0 Å². The standard InChI is InChI=1S/C19H23F2NO/c20-15-1-2-17(21)16(8-15)18(23)22-4-3-19-9-12-5-13(10-19)7-14(6-12)11-19/h1-2,8,12-14H,3-7,9-11H2,(H,22,23). The smallest absolute Gasteiger partial charge is 0.254 e. The highest BCUT2D eigenvalue weighted by molar-refractivity contribution is 5.94. The quantitative estimate of drug-likeness (QED) is 0.881. The van der Waals surface area contributed by atoms with Crippen molar-refractivity contribution < 1.29 is 13.6 Å². The van der Waals surface area contributed by atoms with Crippen LogP contribution in [0, 0.1) is 34.8 Å². The first kappa shape index (κ1) is 15.1. The van der Waals surface area contributed by atoms with Crippen molar-refractivity contribution >= 4 is 5.91 Å². The van der Waals surface area contributed by atoms with Crippen LogP contribution in [0.1, 0.15) is 55.3 Å². The van der Waals surface area contributed by atoms with Gasteiger partial charge in [-0.3, -0.25) is 4.79 Å². The molecule has 0 aromatic heterocycles. The van der Waals surface area contributed by atoms with Crippen molar-refractivity contribution in [3.8, 4) is 0 Å². The Morgan fingerprint density at radius 2 is 1.70 bits per heavy atom. The SMILES string of the molecule is O=C(NCCC12CC3CC(CC(C3)C1)C2)c1cc(F)ccc1F. The number of carbonyl (C=O) groups is 1. The maximum absolute atomic E-state index is 13.6. The number of carbonyl (C=O) groups excluding carboxylic acids is 1. The van der Waals surface area contributed by atoms with Crippen LogP contribution in [0.25, 0.3) is 0 Å². The van der Waals surface area contributed by atoms with Gasteiger partial charge in [-0.15, -0.1) is 0 Å². The third-order valence-electron chi connectivity index (χ3n) is 6.28. The third kappa shape index (κ3) is 2.88. The van der Waals surface area contributed by atoms with Gasteiger partial charge in [-0.1, -0.05) is 0 Å². The first-order chi connectivity index (χ1) is 11.0. The molecule has 0 radical (unpaired) electrons. The van der Waals surface area contributed by atoms with Crippen LogP contribution in [0.4, 0.5) is 8.78 Å². The average Bonchev–Trinajstić information content (AvgIpc) is 2.48. The number of rotatable bonds is 4. The second-order valence-corrected chi connectivity index (χ2v) is 8.05. The molecule has 4 fully saturated rings. The van der Waals surface area contributed by atoms with Crippen LogP contribution in [0.3, 0.4) is 0 Å². The monoisotopic (exact) mass is 319 g/mol. The fraction of sp³-hybridized carbons (Fsp3) is 0.632. The van der Waals surface area contributed by atoms with Gasteiger partial charge in [-0.25, -0.2) is 8.78 Å². The summed E-state index contributed by atoms with van der Waals surface area (Å²) in [6.45, 7) is 0.556. The highest BCUT2D eigenvalue weighted by Gasteiger charge is 2.50. The largest absolute Gasteiger partial charge is 0.352 e. The molecule has 0 saturated heterocycles. The first-order valence-corrected chi connectivity index (χ1v) is 8.76. The fourth-order valence-electron chi connectivity index (χ4n) is 5.80. The van der Waals surface area contributed by atoms with E-state index in [1.54, 1.807) is 0 Å². The third-order valence-corrected chi connectivity index (χ3v) is 6.28. The summed E-state index contributed by atoms with van der Waals surface area (Å²) in [5.74, 6) is 0.899. The molecule has 1 N–H and O–H groups in total. The van der Waals surface area contributed by atoms with E-state index in [4.69, 9.17) is 0 Å². The van der Waals surface area contributed by atoms with Crippen LogP contribution in [-0.4, -0.2) is 12.5 Å². The zero-order valence-electron chi connectivity index (χ0n) is 13.3. The van der Waals surface area contributed by atoms with Crippen molar-refractivity contribution in [2.45, 2.75) is 44.9 Å². The molecule has 4 aliphatic rings. The van der Waals surface area contributed by atoms with E-state index >= 15 is 0 Å². The molecule has 1 amide bonds. The van der Waals surface area contributed by atoms with E-state index in [2.05, 4.69) is 5.32 Å². The van der Waals surface area contributed by atoms with Gasteiger partial charge in [0, 0.05) is 6.54 Å². The van der Waals surface area contributed by atoms with E-state index in [0.717, 1.165) is 42.4 Å². The Labute approximate surface area is 135 Å². The van der Waals surface area contributed by atoms with Crippen LogP contribution >= 0.6 is 0 Å². The first-order valence-electron chi connectivity index (χ1n) is 8.76. The van der Waals surface area contributed by atoms with Gasteiger partial charge in [0.05, 0.1) is 5.56 Å². The molecular weight excluding hydrogens is 296 g/mol. The summed E-state index contributed by atoms with van der Waals surface area (Å²) in [5, 5.41) is 2.80. The topological polar surface area (TPSA) is 29.1 Å². The number of hydrogen-bond acceptors (Lipinski definition) is 1. The van der Waals surface area contributed by atoms with E-state index in [1.807, 2.05) is 0 Å². The van der Waals surface area contributed by atoms with Gasteiger partial charge in [0.2, 0.25) is 0 Å². The van der Waals surface area contributed by atoms with Gasteiger partial charge in [0.1, 0.15) is 11.6 Å². The van der Waals surface area contributed by atoms with E-state index in [9.17, 15) is 13.6 Å². The summed E-state index contributed by atoms with van der Waals surface area (Å²) < 4.78 is 26.8. The van der Waals surface area contributed by atoms with Crippen molar-refractivity contribution in [3.63, 3.8) is 0 Å². The normalized spacial score (nSPS) is 34.6. The van der Waals surface area contributed by atoms with Crippen LogP contribution in [-0.2, 0) is 0 Å². The zero-order valence-corrected chi connectivity index (χ0v) is 13.3. The summed E-state index contributed by atoms with van der Waals surface area (Å²) in [5.41, 5.74) is 0.193. The summed E-state index contributed by atoms with van der Waals surface area (Å²) in [7, 11) is 0. The summed E-state index contributed by atoms with van der Waals surface area (Å²) in [6, 6.07) is 3.00. The molecule has 4 bridgehead atoms. The lowest BCUT2D eigenvalue weighted by atomic mass is 9.49. The van der Waals surface area contributed by atoms with Gasteiger partial charge in [0.25, 0.3) is 5.91 Å². The minimum atomic E-state index is -0.668. The second kappa shape index (κ2) is 5.57. The number of benzene rings is 1. The van der Waals surface area contributed by atoms with Gasteiger partial charge in [0.15, 0.2) is 0 Å². The highest BCUT2D eigenvalue weighted by atomic mass is 19.1. The number of halogens is 2. The van der Waals surface area contributed by atoms with Gasteiger partial charge in [-0.2, -0.15) is 0 Å². The van der Waals surface area contributed by atoms with Crippen molar-refractivity contribution in [1.29, 1.82) is 0 Å². The Balaban J connectivity index is 1.37. The molecule has 1 aromatic carbocycles. The van der Waals surface area contributed by atoms with E-state index in [1.165, 1.54) is 38.5 Å². The Morgan fingerprint density at radius 3 is 2.30 bits per heavy atom. The maximum atomic E-state index is 13.6. The minimum absolute atomic E-state index is 0.199. The molecular formula is C19H23F2NO. The molecule has 0 aliphatic heterocycles. The summed E-state index contributed by atoms with van der Waals surface area (Å²) >= 11 is 0. The Morgan fingerprint density at radius 1 is 1.09 bits per heavy atom. The lowest BCUT2D eigenvalue weighted by Crippen LogP contribution is -2.47. The predicted molar refractivity (Wildman–Crippen MR) is 83.9 cm³/mol. The molecule has 0 unspecified atom stereocenters. The maximum Gasteiger partial charge on any atom is 0.254 e. The molecule has 2 nitrogen and oxygen atoms in total. The predicted octanol–water partition coefficient (Wildman–Crippen LogP) is 4.30. The summed E-state index contributed by atoms with van der Waals surface area (Å²) in [4.78, 5) is 12.1. The molecule has 4 aliphatic carbocycles. The molecule has 23 heavy (non-hydrogen) atoms. The summed E-state index contributed by atoms with van der Waals surface area (Å²) in [6.07, 6.45) is 9.06. The van der Waals surface area contributed by atoms with Gasteiger partial charge >= 0.3 is 0 Å². The molecule has 5 rings (SSSR count). The fourth-order valence-corrected chi connectivity index (χ4v) is 5.80. The molecule has 1 aromatic rings. The molecule has 124 valence electrons.